The fraction of sp³-hybridized carbons (Fsp3) is 0.278. The summed E-state index contributed by atoms with van der Waals surface area (Å²) in [6.45, 7) is 1.90. The number of ether oxygens (including phenoxy) is 3. The quantitative estimate of drug-likeness (QED) is 0.796. The van der Waals surface area contributed by atoms with Crippen molar-refractivity contribution in [3.8, 4) is 11.5 Å². The first-order valence-corrected chi connectivity index (χ1v) is 7.24. The molecule has 2 aromatic rings. The van der Waals surface area contributed by atoms with E-state index in [-0.39, 0.29) is 19.2 Å². The van der Waals surface area contributed by atoms with Crippen molar-refractivity contribution in [2.45, 2.75) is 26.7 Å². The number of rotatable bonds is 7. The molecule has 5 heteroatoms. The van der Waals surface area contributed by atoms with Gasteiger partial charge in [0.2, 0.25) is 0 Å². The summed E-state index contributed by atoms with van der Waals surface area (Å²) < 4.78 is 16.1. The minimum Gasteiger partial charge on any atom is -0.493 e. The van der Waals surface area contributed by atoms with E-state index >= 15 is 0 Å². The van der Waals surface area contributed by atoms with Crippen LogP contribution in [-0.2, 0) is 29.4 Å². The normalized spacial score (nSPS) is 10.2. The molecule has 23 heavy (non-hydrogen) atoms. The van der Waals surface area contributed by atoms with Crippen molar-refractivity contribution in [1.82, 2.24) is 0 Å². The molecule has 0 unspecified atom stereocenters. The molecular formula is C18H20O5. The number of aliphatic hydroxyl groups is 1. The van der Waals surface area contributed by atoms with Crippen LogP contribution in [0.2, 0.25) is 0 Å². The molecule has 0 saturated heterocycles. The molecule has 2 aromatic carbocycles. The summed E-state index contributed by atoms with van der Waals surface area (Å²) >= 11 is 0. The van der Waals surface area contributed by atoms with E-state index in [0.29, 0.717) is 18.1 Å². The standard InChI is InChI=1S/C18H20O5/c1-13(20)22-11-16-6-7-17(21-2)18(9-16)23-12-15-5-3-4-14(8-15)10-19/h3-9,19H,10-12H2,1-2H3. The molecular weight excluding hydrogens is 296 g/mol. The lowest BCUT2D eigenvalue weighted by Crippen LogP contribution is -2.02. The first-order valence-electron chi connectivity index (χ1n) is 7.24. The molecule has 5 nitrogen and oxygen atoms in total. The van der Waals surface area contributed by atoms with Gasteiger partial charge in [-0.25, -0.2) is 0 Å². The van der Waals surface area contributed by atoms with E-state index in [0.717, 1.165) is 16.7 Å². The van der Waals surface area contributed by atoms with Gasteiger partial charge in [-0.2, -0.15) is 0 Å². The Hall–Kier alpha value is -2.53. The van der Waals surface area contributed by atoms with Gasteiger partial charge >= 0.3 is 5.97 Å². The summed E-state index contributed by atoms with van der Waals surface area (Å²) in [5, 5.41) is 9.17. The molecule has 0 bridgehead atoms. The Morgan fingerprint density at radius 2 is 1.74 bits per heavy atom. The number of hydrogen-bond acceptors (Lipinski definition) is 5. The minimum atomic E-state index is -0.330. The molecule has 0 spiro atoms. The average Bonchev–Trinajstić information content (AvgIpc) is 2.58. The fourth-order valence-electron chi connectivity index (χ4n) is 2.09. The van der Waals surface area contributed by atoms with Crippen LogP contribution in [0.5, 0.6) is 11.5 Å². The molecule has 0 aliphatic heterocycles. The predicted molar refractivity (Wildman–Crippen MR) is 85.2 cm³/mol. The van der Waals surface area contributed by atoms with Crippen LogP contribution in [-0.4, -0.2) is 18.2 Å². The number of esters is 1. The number of methoxy groups -OCH3 is 1. The van der Waals surface area contributed by atoms with Crippen LogP contribution >= 0.6 is 0 Å². The summed E-state index contributed by atoms with van der Waals surface area (Å²) in [6, 6.07) is 12.9. The lowest BCUT2D eigenvalue weighted by Gasteiger charge is -2.13. The van der Waals surface area contributed by atoms with Crippen molar-refractivity contribution in [1.29, 1.82) is 0 Å². The molecule has 1 N–H and O–H groups in total. The van der Waals surface area contributed by atoms with E-state index in [9.17, 15) is 4.79 Å². The van der Waals surface area contributed by atoms with E-state index < -0.39 is 0 Å². The maximum Gasteiger partial charge on any atom is 0.302 e. The molecule has 0 atom stereocenters. The second-order valence-corrected chi connectivity index (χ2v) is 5.03. The minimum absolute atomic E-state index is 0.00493. The van der Waals surface area contributed by atoms with Gasteiger partial charge in [0.25, 0.3) is 0 Å². The molecule has 2 rings (SSSR count). The second-order valence-electron chi connectivity index (χ2n) is 5.03. The van der Waals surface area contributed by atoms with Gasteiger partial charge in [0.1, 0.15) is 13.2 Å². The zero-order chi connectivity index (χ0) is 16.7. The summed E-state index contributed by atoms with van der Waals surface area (Å²) in [4.78, 5) is 10.9. The molecule has 0 amide bonds. The van der Waals surface area contributed by atoms with Crippen molar-refractivity contribution < 1.29 is 24.1 Å². The lowest BCUT2D eigenvalue weighted by molar-refractivity contribution is -0.142. The largest absolute Gasteiger partial charge is 0.493 e. The van der Waals surface area contributed by atoms with E-state index in [1.807, 2.05) is 30.3 Å². The Morgan fingerprint density at radius 3 is 2.43 bits per heavy atom. The Bertz CT molecular complexity index is 666. The summed E-state index contributed by atoms with van der Waals surface area (Å²) in [5.41, 5.74) is 2.60. The van der Waals surface area contributed by atoms with E-state index in [1.165, 1.54) is 6.92 Å². The third-order valence-corrected chi connectivity index (χ3v) is 3.24. The maximum absolute atomic E-state index is 10.9. The van der Waals surface area contributed by atoms with Crippen LogP contribution in [0.25, 0.3) is 0 Å². The monoisotopic (exact) mass is 316 g/mol. The van der Waals surface area contributed by atoms with Crippen molar-refractivity contribution in [2.24, 2.45) is 0 Å². The highest BCUT2D eigenvalue weighted by Crippen LogP contribution is 2.29. The van der Waals surface area contributed by atoms with Crippen LogP contribution < -0.4 is 9.47 Å². The molecule has 122 valence electrons. The second kappa shape index (κ2) is 8.19. The van der Waals surface area contributed by atoms with Gasteiger partial charge in [0.15, 0.2) is 11.5 Å². The molecule has 0 saturated carbocycles. The number of benzene rings is 2. The molecule has 0 heterocycles. The van der Waals surface area contributed by atoms with Gasteiger partial charge in [-0.1, -0.05) is 30.3 Å². The van der Waals surface area contributed by atoms with Crippen LogP contribution in [0.15, 0.2) is 42.5 Å². The Balaban J connectivity index is 2.10. The van der Waals surface area contributed by atoms with Crippen LogP contribution in [0.3, 0.4) is 0 Å². The topological polar surface area (TPSA) is 65.0 Å². The third-order valence-electron chi connectivity index (χ3n) is 3.24. The van der Waals surface area contributed by atoms with Gasteiger partial charge < -0.3 is 19.3 Å². The van der Waals surface area contributed by atoms with Gasteiger partial charge in [-0.3, -0.25) is 4.79 Å². The Morgan fingerprint density at radius 1 is 1.00 bits per heavy atom. The summed E-state index contributed by atoms with van der Waals surface area (Å²) in [7, 11) is 1.57. The molecule has 0 aliphatic carbocycles. The maximum atomic E-state index is 10.9. The number of carbonyl (C=O) groups is 1. The average molecular weight is 316 g/mol. The smallest absolute Gasteiger partial charge is 0.302 e. The molecule has 0 aromatic heterocycles. The van der Waals surface area contributed by atoms with Crippen molar-refractivity contribution in [2.75, 3.05) is 7.11 Å². The number of aliphatic hydroxyl groups excluding tert-OH is 1. The third kappa shape index (κ3) is 5.00. The highest BCUT2D eigenvalue weighted by atomic mass is 16.5. The van der Waals surface area contributed by atoms with E-state index in [2.05, 4.69) is 0 Å². The zero-order valence-corrected chi connectivity index (χ0v) is 13.2. The Labute approximate surface area is 135 Å². The Kier molecular flexibility index (Phi) is 6.00. The summed E-state index contributed by atoms with van der Waals surface area (Å²) in [5.74, 6) is 0.852. The predicted octanol–water partition coefficient (Wildman–Crippen LogP) is 2.83. The first-order chi connectivity index (χ1) is 11.1. The fourth-order valence-corrected chi connectivity index (χ4v) is 2.09. The van der Waals surface area contributed by atoms with E-state index in [4.69, 9.17) is 19.3 Å². The summed E-state index contributed by atoms with van der Waals surface area (Å²) in [6.07, 6.45) is 0. The molecule has 0 radical (unpaired) electrons. The zero-order valence-electron chi connectivity index (χ0n) is 13.2. The lowest BCUT2D eigenvalue weighted by atomic mass is 10.1. The van der Waals surface area contributed by atoms with Crippen molar-refractivity contribution >= 4 is 5.97 Å². The van der Waals surface area contributed by atoms with Crippen LogP contribution in [0.1, 0.15) is 23.6 Å². The van der Waals surface area contributed by atoms with Crippen LogP contribution in [0, 0.1) is 0 Å². The number of carbonyl (C=O) groups excluding carboxylic acids is 1. The molecule has 0 fully saturated rings. The highest BCUT2D eigenvalue weighted by molar-refractivity contribution is 5.66. The first kappa shape index (κ1) is 16.8. The van der Waals surface area contributed by atoms with Gasteiger partial charge in [0, 0.05) is 6.92 Å². The van der Waals surface area contributed by atoms with Crippen molar-refractivity contribution in [3.05, 3.63) is 59.2 Å². The number of hydrogen-bond donors (Lipinski definition) is 1. The van der Waals surface area contributed by atoms with Crippen LogP contribution in [0.4, 0.5) is 0 Å². The molecule has 0 aliphatic rings. The SMILES string of the molecule is COc1ccc(COC(C)=O)cc1OCc1cccc(CO)c1. The van der Waals surface area contributed by atoms with Crippen molar-refractivity contribution in [3.63, 3.8) is 0 Å². The van der Waals surface area contributed by atoms with E-state index in [1.54, 1.807) is 19.2 Å². The van der Waals surface area contributed by atoms with Gasteiger partial charge in [-0.05, 0) is 28.8 Å². The highest BCUT2D eigenvalue weighted by Gasteiger charge is 2.08. The van der Waals surface area contributed by atoms with Gasteiger partial charge in [0.05, 0.1) is 13.7 Å². The van der Waals surface area contributed by atoms with Gasteiger partial charge in [-0.15, -0.1) is 0 Å².